The number of nitrogens with one attached hydrogen (secondary N) is 1. The Hall–Kier alpha value is -0.570. The van der Waals surface area contributed by atoms with Gasteiger partial charge in [-0.1, -0.05) is 37.6 Å². The standard InChI is InChI=1S/C15H23ClN2/c1-11(2)17-15-8-9-18(10-15)12(3)13-4-6-14(16)7-5-13/h4-7,11-12,15,17H,8-10H2,1-3H3. The quantitative estimate of drug-likeness (QED) is 0.898. The summed E-state index contributed by atoms with van der Waals surface area (Å²) < 4.78 is 0. The van der Waals surface area contributed by atoms with Gasteiger partial charge in [-0.25, -0.2) is 0 Å². The minimum Gasteiger partial charge on any atom is -0.310 e. The van der Waals surface area contributed by atoms with E-state index in [9.17, 15) is 0 Å². The van der Waals surface area contributed by atoms with Crippen molar-refractivity contribution in [3.05, 3.63) is 34.9 Å². The lowest BCUT2D eigenvalue weighted by Crippen LogP contribution is -2.37. The first-order valence-electron chi connectivity index (χ1n) is 6.82. The van der Waals surface area contributed by atoms with E-state index in [0.717, 1.165) is 11.6 Å². The molecular weight excluding hydrogens is 244 g/mol. The van der Waals surface area contributed by atoms with E-state index in [1.54, 1.807) is 0 Å². The first-order chi connectivity index (χ1) is 8.56. The second kappa shape index (κ2) is 6.05. The number of nitrogens with zero attached hydrogens (tertiary/aromatic N) is 1. The van der Waals surface area contributed by atoms with Crippen LogP contribution < -0.4 is 5.32 Å². The fraction of sp³-hybridized carbons (Fsp3) is 0.600. The van der Waals surface area contributed by atoms with E-state index in [1.807, 2.05) is 12.1 Å². The smallest absolute Gasteiger partial charge is 0.0406 e. The summed E-state index contributed by atoms with van der Waals surface area (Å²) in [7, 11) is 0. The van der Waals surface area contributed by atoms with Crippen molar-refractivity contribution in [3.8, 4) is 0 Å². The SMILES string of the molecule is CC(C)NC1CCN(C(C)c2ccc(Cl)cc2)C1. The zero-order valence-electron chi connectivity index (χ0n) is 11.5. The number of hydrogen-bond acceptors (Lipinski definition) is 2. The summed E-state index contributed by atoms with van der Waals surface area (Å²) in [5, 5.41) is 4.44. The van der Waals surface area contributed by atoms with E-state index in [-0.39, 0.29) is 0 Å². The Morgan fingerprint density at radius 3 is 2.50 bits per heavy atom. The molecule has 1 heterocycles. The highest BCUT2D eigenvalue weighted by molar-refractivity contribution is 6.30. The van der Waals surface area contributed by atoms with Gasteiger partial charge in [0.05, 0.1) is 0 Å². The molecule has 0 bridgehead atoms. The minimum absolute atomic E-state index is 0.473. The fourth-order valence-electron chi connectivity index (χ4n) is 2.70. The third-order valence-electron chi connectivity index (χ3n) is 3.69. The largest absolute Gasteiger partial charge is 0.310 e. The molecular formula is C15H23ClN2. The molecule has 1 saturated heterocycles. The predicted molar refractivity (Wildman–Crippen MR) is 78.1 cm³/mol. The molecule has 0 aromatic heterocycles. The van der Waals surface area contributed by atoms with Crippen LogP contribution in [-0.4, -0.2) is 30.1 Å². The molecule has 0 spiro atoms. The van der Waals surface area contributed by atoms with Gasteiger partial charge in [0.2, 0.25) is 0 Å². The van der Waals surface area contributed by atoms with Crippen molar-refractivity contribution in [2.45, 2.75) is 45.3 Å². The van der Waals surface area contributed by atoms with Crippen LogP contribution in [0.1, 0.15) is 38.8 Å². The second-order valence-electron chi connectivity index (χ2n) is 5.53. The van der Waals surface area contributed by atoms with E-state index in [2.05, 4.69) is 43.1 Å². The normalized spacial score (nSPS) is 22.6. The summed E-state index contributed by atoms with van der Waals surface area (Å²) in [5.41, 5.74) is 1.35. The van der Waals surface area contributed by atoms with Crippen molar-refractivity contribution in [1.82, 2.24) is 10.2 Å². The van der Waals surface area contributed by atoms with E-state index in [1.165, 1.54) is 18.5 Å². The van der Waals surface area contributed by atoms with Crippen LogP contribution in [0.3, 0.4) is 0 Å². The Morgan fingerprint density at radius 2 is 1.89 bits per heavy atom. The molecule has 1 aliphatic rings. The van der Waals surface area contributed by atoms with E-state index >= 15 is 0 Å². The molecule has 0 radical (unpaired) electrons. The molecule has 0 aliphatic carbocycles. The maximum Gasteiger partial charge on any atom is 0.0406 e. The first kappa shape index (κ1) is 13.9. The molecule has 0 saturated carbocycles. The molecule has 2 unspecified atom stereocenters. The Kier molecular flexibility index (Phi) is 4.66. The molecule has 1 fully saturated rings. The molecule has 2 nitrogen and oxygen atoms in total. The van der Waals surface area contributed by atoms with Crippen molar-refractivity contribution >= 4 is 11.6 Å². The van der Waals surface area contributed by atoms with Crippen molar-refractivity contribution in [2.75, 3.05) is 13.1 Å². The minimum atomic E-state index is 0.473. The maximum atomic E-state index is 5.93. The van der Waals surface area contributed by atoms with Gasteiger partial charge in [-0.15, -0.1) is 0 Å². The summed E-state index contributed by atoms with van der Waals surface area (Å²) in [5.74, 6) is 0. The van der Waals surface area contributed by atoms with Gasteiger partial charge >= 0.3 is 0 Å². The van der Waals surface area contributed by atoms with Crippen molar-refractivity contribution < 1.29 is 0 Å². The molecule has 1 N–H and O–H groups in total. The first-order valence-corrected chi connectivity index (χ1v) is 7.19. The Morgan fingerprint density at radius 1 is 1.22 bits per heavy atom. The fourth-order valence-corrected chi connectivity index (χ4v) is 2.82. The van der Waals surface area contributed by atoms with Gasteiger partial charge in [-0.3, -0.25) is 4.90 Å². The van der Waals surface area contributed by atoms with Gasteiger partial charge in [0, 0.05) is 36.2 Å². The van der Waals surface area contributed by atoms with E-state index in [0.29, 0.717) is 18.1 Å². The van der Waals surface area contributed by atoms with Crippen LogP contribution in [0.5, 0.6) is 0 Å². The maximum absolute atomic E-state index is 5.93. The van der Waals surface area contributed by atoms with Crippen LogP contribution in [0.15, 0.2) is 24.3 Å². The average molecular weight is 267 g/mol. The number of halogens is 1. The highest BCUT2D eigenvalue weighted by Crippen LogP contribution is 2.25. The van der Waals surface area contributed by atoms with Gasteiger partial charge in [-0.05, 0) is 31.0 Å². The Bertz CT molecular complexity index is 375. The van der Waals surface area contributed by atoms with Crippen LogP contribution in [0.2, 0.25) is 5.02 Å². The van der Waals surface area contributed by atoms with Crippen LogP contribution in [0.4, 0.5) is 0 Å². The van der Waals surface area contributed by atoms with Gasteiger partial charge < -0.3 is 5.32 Å². The molecule has 18 heavy (non-hydrogen) atoms. The number of rotatable bonds is 4. The Balaban J connectivity index is 1.94. The van der Waals surface area contributed by atoms with Crippen molar-refractivity contribution in [1.29, 1.82) is 0 Å². The highest BCUT2D eigenvalue weighted by Gasteiger charge is 2.26. The van der Waals surface area contributed by atoms with Crippen LogP contribution in [0.25, 0.3) is 0 Å². The van der Waals surface area contributed by atoms with Gasteiger partial charge in [0.25, 0.3) is 0 Å². The summed E-state index contributed by atoms with van der Waals surface area (Å²) in [4.78, 5) is 2.54. The molecule has 0 amide bonds. The van der Waals surface area contributed by atoms with Crippen LogP contribution in [0, 0.1) is 0 Å². The lowest BCUT2D eigenvalue weighted by Gasteiger charge is -2.25. The topological polar surface area (TPSA) is 15.3 Å². The van der Waals surface area contributed by atoms with Crippen molar-refractivity contribution in [2.24, 2.45) is 0 Å². The third kappa shape index (κ3) is 3.47. The predicted octanol–water partition coefficient (Wildman–Crippen LogP) is 3.47. The number of benzene rings is 1. The van der Waals surface area contributed by atoms with Crippen LogP contribution >= 0.6 is 11.6 Å². The molecule has 1 aliphatic heterocycles. The number of likely N-dealkylation sites (tertiary alicyclic amines) is 1. The highest BCUT2D eigenvalue weighted by atomic mass is 35.5. The summed E-state index contributed by atoms with van der Waals surface area (Å²) in [6.45, 7) is 9.02. The summed E-state index contributed by atoms with van der Waals surface area (Å²) >= 11 is 5.93. The van der Waals surface area contributed by atoms with Crippen LogP contribution in [-0.2, 0) is 0 Å². The monoisotopic (exact) mass is 266 g/mol. The molecule has 2 atom stereocenters. The van der Waals surface area contributed by atoms with Gasteiger partial charge in [-0.2, -0.15) is 0 Å². The molecule has 1 aromatic carbocycles. The molecule has 3 heteroatoms. The number of hydrogen-bond donors (Lipinski definition) is 1. The lowest BCUT2D eigenvalue weighted by atomic mass is 10.1. The Labute approximate surface area is 115 Å². The summed E-state index contributed by atoms with van der Waals surface area (Å²) in [6.07, 6.45) is 1.25. The van der Waals surface area contributed by atoms with Gasteiger partial charge in [0.15, 0.2) is 0 Å². The third-order valence-corrected chi connectivity index (χ3v) is 3.94. The molecule has 2 rings (SSSR count). The van der Waals surface area contributed by atoms with E-state index in [4.69, 9.17) is 11.6 Å². The molecule has 100 valence electrons. The lowest BCUT2D eigenvalue weighted by molar-refractivity contribution is 0.254. The zero-order valence-corrected chi connectivity index (χ0v) is 12.2. The van der Waals surface area contributed by atoms with Crippen molar-refractivity contribution in [3.63, 3.8) is 0 Å². The second-order valence-corrected chi connectivity index (χ2v) is 5.97. The summed E-state index contributed by atoms with van der Waals surface area (Å²) in [6, 6.07) is 9.91. The van der Waals surface area contributed by atoms with Gasteiger partial charge in [0.1, 0.15) is 0 Å². The van der Waals surface area contributed by atoms with E-state index < -0.39 is 0 Å². The zero-order chi connectivity index (χ0) is 13.1. The molecule has 1 aromatic rings. The average Bonchev–Trinajstić information content (AvgIpc) is 2.76.